The number of hydrogen-bond donors (Lipinski definition) is 0. The van der Waals surface area contributed by atoms with Gasteiger partial charge >= 0.3 is 6.18 Å². The molecule has 1 atom stereocenters. The third-order valence-electron chi connectivity index (χ3n) is 5.85. The lowest BCUT2D eigenvalue weighted by Crippen LogP contribution is -2.52. The molecule has 2 saturated heterocycles. The second kappa shape index (κ2) is 9.24. The Labute approximate surface area is 194 Å². The summed E-state index contributed by atoms with van der Waals surface area (Å²) in [6.07, 6.45) is -3.45. The molecule has 2 fully saturated rings. The number of piperazine rings is 1. The molecule has 2 aliphatic rings. The van der Waals surface area contributed by atoms with E-state index in [1.807, 2.05) is 0 Å². The molecule has 0 bridgehead atoms. The smallest absolute Gasteiger partial charge is 0.417 e. The number of halogens is 3. The Bertz CT molecular complexity index is 1160. The van der Waals surface area contributed by atoms with Crippen LogP contribution >= 0.6 is 0 Å². The Hall–Kier alpha value is -3.15. The average Bonchev–Trinajstić information content (AvgIpc) is 3.18. The van der Waals surface area contributed by atoms with Crippen molar-refractivity contribution in [2.75, 3.05) is 37.7 Å². The molecule has 12 heteroatoms. The van der Waals surface area contributed by atoms with Gasteiger partial charge in [-0.05, 0) is 36.8 Å². The highest BCUT2D eigenvalue weighted by Crippen LogP contribution is 2.30. The maximum Gasteiger partial charge on any atom is 0.417 e. The van der Waals surface area contributed by atoms with E-state index in [9.17, 15) is 31.2 Å². The van der Waals surface area contributed by atoms with Crippen molar-refractivity contribution in [1.29, 1.82) is 0 Å². The number of nitrogens with zero attached hydrogens (tertiary/aromatic N) is 3. The highest BCUT2D eigenvalue weighted by molar-refractivity contribution is 7.91. The fraction of sp³-hybridized carbons (Fsp3) is 0.409. The number of aromatic nitrogens is 1. The summed E-state index contributed by atoms with van der Waals surface area (Å²) in [4.78, 5) is 32.2. The van der Waals surface area contributed by atoms with Crippen LogP contribution in [0.1, 0.15) is 22.3 Å². The molecule has 1 aromatic heterocycles. The topological polar surface area (TPSA) is 96.9 Å². The Kier molecular flexibility index (Phi) is 6.52. The summed E-state index contributed by atoms with van der Waals surface area (Å²) in [5, 5.41) is 0. The molecule has 2 amide bonds. The van der Waals surface area contributed by atoms with Gasteiger partial charge in [0.05, 0.1) is 23.0 Å². The molecule has 182 valence electrons. The number of rotatable bonds is 4. The summed E-state index contributed by atoms with van der Waals surface area (Å²) in [6, 6.07) is 8.12. The number of amides is 2. The lowest BCUT2D eigenvalue weighted by atomic mass is 10.1. The number of sulfone groups is 1. The van der Waals surface area contributed by atoms with Crippen LogP contribution in [0.2, 0.25) is 0 Å². The lowest BCUT2D eigenvalue weighted by Gasteiger charge is -2.35. The first-order valence-electron chi connectivity index (χ1n) is 10.6. The van der Waals surface area contributed by atoms with E-state index < -0.39 is 27.5 Å². The summed E-state index contributed by atoms with van der Waals surface area (Å²) in [6.45, 7) is 1.33. The molecule has 0 aliphatic carbocycles. The van der Waals surface area contributed by atoms with E-state index in [2.05, 4.69) is 4.98 Å². The third kappa shape index (κ3) is 5.49. The number of pyridine rings is 1. The van der Waals surface area contributed by atoms with Gasteiger partial charge in [-0.15, -0.1) is 0 Å². The van der Waals surface area contributed by atoms with Gasteiger partial charge in [-0.3, -0.25) is 9.59 Å². The van der Waals surface area contributed by atoms with Gasteiger partial charge in [-0.2, -0.15) is 13.2 Å². The second-order valence-corrected chi connectivity index (χ2v) is 10.5. The average molecular weight is 497 g/mol. The Morgan fingerprint density at radius 1 is 0.971 bits per heavy atom. The molecule has 8 nitrogen and oxygen atoms in total. The molecule has 0 spiro atoms. The molecule has 3 heterocycles. The van der Waals surface area contributed by atoms with Crippen LogP contribution in [0.25, 0.3) is 0 Å². The van der Waals surface area contributed by atoms with Crippen LogP contribution in [-0.4, -0.2) is 72.7 Å². The predicted octanol–water partition coefficient (Wildman–Crippen LogP) is 2.61. The van der Waals surface area contributed by atoms with Crippen LogP contribution in [0.4, 0.5) is 13.2 Å². The van der Waals surface area contributed by atoms with E-state index in [1.165, 1.54) is 12.1 Å². The number of ether oxygens (including phenoxy) is 1. The van der Waals surface area contributed by atoms with Gasteiger partial charge in [0.25, 0.3) is 5.91 Å². The summed E-state index contributed by atoms with van der Waals surface area (Å²) >= 11 is 0. The first-order chi connectivity index (χ1) is 16.0. The summed E-state index contributed by atoms with van der Waals surface area (Å²) in [7, 11) is -3.14. The highest BCUT2D eigenvalue weighted by Gasteiger charge is 2.36. The monoisotopic (exact) mass is 497 g/mol. The standard InChI is InChI=1S/C22H22F3N3O5S/c23-22(24,25)17-3-6-19(26-13-17)33-18-4-1-15(2-5-18)20(29)27-8-10-28(11-9-27)21(30)16-7-12-34(31,32)14-16/h1-6,13,16H,7-12,14H2. The van der Waals surface area contributed by atoms with E-state index in [0.717, 1.165) is 12.1 Å². The fourth-order valence-corrected chi connectivity index (χ4v) is 5.69. The van der Waals surface area contributed by atoms with E-state index in [4.69, 9.17) is 4.74 Å². The van der Waals surface area contributed by atoms with Gasteiger partial charge in [0.2, 0.25) is 11.8 Å². The van der Waals surface area contributed by atoms with Crippen molar-refractivity contribution in [3.63, 3.8) is 0 Å². The highest BCUT2D eigenvalue weighted by atomic mass is 32.2. The first kappa shape index (κ1) is 24.0. The van der Waals surface area contributed by atoms with Crippen LogP contribution in [0.5, 0.6) is 11.6 Å². The molecule has 1 aromatic carbocycles. The minimum absolute atomic E-state index is 0.0112. The van der Waals surface area contributed by atoms with Gasteiger partial charge in [-0.25, -0.2) is 13.4 Å². The lowest BCUT2D eigenvalue weighted by molar-refractivity contribution is -0.138. The van der Waals surface area contributed by atoms with Crippen molar-refractivity contribution in [1.82, 2.24) is 14.8 Å². The SMILES string of the molecule is O=C(c1ccc(Oc2ccc(C(F)(F)F)cn2)cc1)N1CCN(C(=O)C2CCS(=O)(=O)C2)CC1. The van der Waals surface area contributed by atoms with Gasteiger partial charge in [0, 0.05) is 44.0 Å². The van der Waals surface area contributed by atoms with Crippen molar-refractivity contribution in [2.24, 2.45) is 5.92 Å². The molecule has 0 N–H and O–H groups in total. The Morgan fingerprint density at radius 3 is 2.15 bits per heavy atom. The maximum atomic E-state index is 12.8. The van der Waals surface area contributed by atoms with E-state index in [0.29, 0.717) is 50.1 Å². The number of alkyl halides is 3. The number of hydrogen-bond acceptors (Lipinski definition) is 6. The van der Waals surface area contributed by atoms with Crippen molar-refractivity contribution in [3.05, 3.63) is 53.7 Å². The van der Waals surface area contributed by atoms with E-state index in [-0.39, 0.29) is 29.2 Å². The normalized spacial score (nSPS) is 20.3. The largest absolute Gasteiger partial charge is 0.439 e. The first-order valence-corrected chi connectivity index (χ1v) is 12.4. The molecule has 2 aliphatic heterocycles. The summed E-state index contributed by atoms with van der Waals surface area (Å²) < 4.78 is 66.6. The molecule has 4 rings (SSSR count). The summed E-state index contributed by atoms with van der Waals surface area (Å²) in [5.74, 6) is -0.674. The van der Waals surface area contributed by atoms with Crippen LogP contribution < -0.4 is 4.74 Å². The second-order valence-electron chi connectivity index (χ2n) is 8.23. The minimum atomic E-state index is -4.48. The van der Waals surface area contributed by atoms with Crippen LogP contribution in [0.3, 0.4) is 0 Å². The molecular formula is C22H22F3N3O5S. The zero-order valence-electron chi connectivity index (χ0n) is 18.0. The number of benzene rings is 1. The van der Waals surface area contributed by atoms with Crippen LogP contribution in [0, 0.1) is 5.92 Å². The zero-order valence-corrected chi connectivity index (χ0v) is 18.8. The molecular weight excluding hydrogens is 475 g/mol. The van der Waals surface area contributed by atoms with Gasteiger partial charge in [0.15, 0.2) is 9.84 Å². The number of carbonyl (C=O) groups is 2. The predicted molar refractivity (Wildman–Crippen MR) is 115 cm³/mol. The Balaban J connectivity index is 1.30. The van der Waals surface area contributed by atoms with Crippen molar-refractivity contribution in [2.45, 2.75) is 12.6 Å². The van der Waals surface area contributed by atoms with E-state index >= 15 is 0 Å². The van der Waals surface area contributed by atoms with Crippen LogP contribution in [-0.2, 0) is 20.8 Å². The quantitative estimate of drug-likeness (QED) is 0.644. The van der Waals surface area contributed by atoms with Gasteiger partial charge in [-0.1, -0.05) is 0 Å². The van der Waals surface area contributed by atoms with E-state index in [1.54, 1.807) is 21.9 Å². The van der Waals surface area contributed by atoms with Gasteiger partial charge < -0.3 is 14.5 Å². The molecule has 34 heavy (non-hydrogen) atoms. The van der Waals surface area contributed by atoms with Crippen LogP contribution in [0.15, 0.2) is 42.6 Å². The zero-order chi connectivity index (χ0) is 24.5. The number of carbonyl (C=O) groups excluding carboxylic acids is 2. The van der Waals surface area contributed by atoms with Crippen molar-refractivity contribution in [3.8, 4) is 11.6 Å². The molecule has 0 radical (unpaired) electrons. The third-order valence-corrected chi connectivity index (χ3v) is 7.62. The molecule has 1 unspecified atom stereocenters. The van der Waals surface area contributed by atoms with Crippen molar-refractivity contribution >= 4 is 21.7 Å². The molecule has 0 saturated carbocycles. The Morgan fingerprint density at radius 2 is 1.62 bits per heavy atom. The van der Waals surface area contributed by atoms with Gasteiger partial charge in [0.1, 0.15) is 5.75 Å². The molecule has 2 aromatic rings. The fourth-order valence-electron chi connectivity index (χ4n) is 3.96. The maximum absolute atomic E-state index is 12.8. The van der Waals surface area contributed by atoms with Crippen molar-refractivity contribution < 1.29 is 35.9 Å². The minimum Gasteiger partial charge on any atom is -0.439 e. The summed E-state index contributed by atoms with van der Waals surface area (Å²) in [5.41, 5.74) is -0.481.